The topological polar surface area (TPSA) is 60.7 Å². The molecule has 0 radical (unpaired) electrons. The van der Waals surface area contributed by atoms with E-state index < -0.39 is 0 Å². The molecule has 0 amide bonds. The van der Waals surface area contributed by atoms with Gasteiger partial charge in [-0.05, 0) is 12.1 Å². The van der Waals surface area contributed by atoms with Gasteiger partial charge < -0.3 is 0 Å². The van der Waals surface area contributed by atoms with E-state index in [9.17, 15) is 4.79 Å². The number of nitrogens with zero attached hydrogens (tertiary/aromatic N) is 4. The van der Waals surface area contributed by atoms with E-state index in [2.05, 4.69) is 15.1 Å². The zero-order valence-corrected chi connectivity index (χ0v) is 12.1. The van der Waals surface area contributed by atoms with Crippen molar-refractivity contribution in [2.75, 3.05) is 0 Å². The molecule has 106 valence electrons. The summed E-state index contributed by atoms with van der Waals surface area (Å²) in [7, 11) is 0. The van der Waals surface area contributed by atoms with Gasteiger partial charge in [0.05, 0.1) is 11.1 Å². The van der Waals surface area contributed by atoms with Crippen molar-refractivity contribution in [1.29, 1.82) is 0 Å². The third-order valence-electron chi connectivity index (χ3n) is 3.41. The van der Waals surface area contributed by atoms with Crippen LogP contribution in [0.2, 0.25) is 0 Å². The predicted octanol–water partition coefficient (Wildman–Crippen LogP) is 2.75. The van der Waals surface area contributed by atoms with Gasteiger partial charge in [0, 0.05) is 18.2 Å². The van der Waals surface area contributed by atoms with Crippen molar-refractivity contribution in [2.24, 2.45) is 0 Å². The Kier molecular flexibility index (Phi) is 3.48. The highest BCUT2D eigenvalue weighted by Crippen LogP contribution is 2.19. The Balaban J connectivity index is 2.27. The van der Waals surface area contributed by atoms with Crippen LogP contribution in [-0.4, -0.2) is 26.0 Å². The minimum Gasteiger partial charge on any atom is -0.298 e. The number of pyridine rings is 1. The first-order valence-electron chi connectivity index (χ1n) is 7.07. The molecule has 5 heteroatoms. The molecule has 21 heavy (non-hydrogen) atoms. The number of hydrogen-bond donors (Lipinski definition) is 0. The van der Waals surface area contributed by atoms with Gasteiger partial charge in [-0.2, -0.15) is 4.68 Å². The Morgan fingerprint density at radius 2 is 1.95 bits per heavy atom. The zero-order chi connectivity index (χ0) is 14.8. The fourth-order valence-corrected chi connectivity index (χ4v) is 2.32. The molecule has 0 saturated carbocycles. The lowest BCUT2D eigenvalue weighted by Gasteiger charge is -2.08. The first-order chi connectivity index (χ1) is 10.3. The van der Waals surface area contributed by atoms with E-state index in [0.717, 1.165) is 41.7 Å². The maximum atomic E-state index is 11.4. The fraction of sp³-hybridized carbons (Fsp3) is 0.250. The molecule has 0 fully saturated rings. The lowest BCUT2D eigenvalue weighted by atomic mass is 10.1. The van der Waals surface area contributed by atoms with Crippen LogP contribution in [-0.2, 0) is 12.8 Å². The van der Waals surface area contributed by atoms with Crippen LogP contribution in [0.1, 0.15) is 35.9 Å². The van der Waals surface area contributed by atoms with Gasteiger partial charge in [-0.25, -0.2) is 9.97 Å². The summed E-state index contributed by atoms with van der Waals surface area (Å²) in [4.78, 5) is 20.5. The number of rotatable bonds is 4. The monoisotopic (exact) mass is 280 g/mol. The predicted molar refractivity (Wildman–Crippen MR) is 80.8 cm³/mol. The molecule has 0 aliphatic carbocycles. The van der Waals surface area contributed by atoms with Gasteiger partial charge in [0.2, 0.25) is 0 Å². The number of aromatic nitrogens is 4. The standard InChI is InChI=1S/C16H16N4O/c1-3-14-18-15(4-2)20(19-14)16-12(10-21)9-11-7-5-6-8-13(11)17-16/h5-10H,3-4H2,1-2H3. The van der Waals surface area contributed by atoms with E-state index in [0.29, 0.717) is 11.4 Å². The summed E-state index contributed by atoms with van der Waals surface area (Å²) in [6.07, 6.45) is 2.31. The summed E-state index contributed by atoms with van der Waals surface area (Å²) in [5.74, 6) is 2.13. The Hall–Kier alpha value is -2.56. The van der Waals surface area contributed by atoms with E-state index in [1.54, 1.807) is 4.68 Å². The van der Waals surface area contributed by atoms with Crippen molar-refractivity contribution in [3.63, 3.8) is 0 Å². The molecule has 0 aliphatic rings. The van der Waals surface area contributed by atoms with Gasteiger partial charge in [-0.1, -0.05) is 32.0 Å². The van der Waals surface area contributed by atoms with Crippen molar-refractivity contribution in [2.45, 2.75) is 26.7 Å². The summed E-state index contributed by atoms with van der Waals surface area (Å²) in [6.45, 7) is 4.02. The number of carbonyl (C=O) groups is 1. The molecule has 0 atom stereocenters. The van der Waals surface area contributed by atoms with Gasteiger partial charge >= 0.3 is 0 Å². The third kappa shape index (κ3) is 2.31. The molecule has 3 aromatic rings. The zero-order valence-electron chi connectivity index (χ0n) is 12.1. The number of para-hydroxylation sites is 1. The van der Waals surface area contributed by atoms with Crippen LogP contribution in [0.4, 0.5) is 0 Å². The molecule has 0 bridgehead atoms. The second-order valence-electron chi connectivity index (χ2n) is 4.77. The molecule has 2 aromatic heterocycles. The van der Waals surface area contributed by atoms with Gasteiger partial charge in [-0.15, -0.1) is 5.10 Å². The third-order valence-corrected chi connectivity index (χ3v) is 3.41. The molecule has 0 aliphatic heterocycles. The highest BCUT2D eigenvalue weighted by Gasteiger charge is 2.14. The largest absolute Gasteiger partial charge is 0.298 e. The van der Waals surface area contributed by atoms with Crippen LogP contribution in [0.25, 0.3) is 16.7 Å². The van der Waals surface area contributed by atoms with E-state index in [1.165, 1.54) is 0 Å². The van der Waals surface area contributed by atoms with Gasteiger partial charge in [0.15, 0.2) is 17.9 Å². The SMILES string of the molecule is CCc1nc(CC)n(-c2nc3ccccc3cc2C=O)n1. The van der Waals surface area contributed by atoms with Crippen molar-refractivity contribution >= 4 is 17.2 Å². The smallest absolute Gasteiger partial charge is 0.166 e. The Morgan fingerprint density at radius 3 is 2.67 bits per heavy atom. The normalized spacial score (nSPS) is 11.0. The minimum atomic E-state index is 0.524. The van der Waals surface area contributed by atoms with Crippen LogP contribution in [0.15, 0.2) is 30.3 Å². The van der Waals surface area contributed by atoms with Crippen molar-refractivity contribution in [3.05, 3.63) is 47.5 Å². The van der Waals surface area contributed by atoms with Crippen LogP contribution in [0.5, 0.6) is 0 Å². The number of aldehydes is 1. The van der Waals surface area contributed by atoms with E-state index in [1.807, 2.05) is 44.2 Å². The van der Waals surface area contributed by atoms with Gasteiger partial charge in [0.1, 0.15) is 5.82 Å². The van der Waals surface area contributed by atoms with Crippen molar-refractivity contribution in [1.82, 2.24) is 19.7 Å². The average molecular weight is 280 g/mol. The highest BCUT2D eigenvalue weighted by atomic mass is 16.1. The van der Waals surface area contributed by atoms with Crippen molar-refractivity contribution < 1.29 is 4.79 Å². The van der Waals surface area contributed by atoms with E-state index in [-0.39, 0.29) is 0 Å². The molecule has 0 unspecified atom stereocenters. The molecule has 0 spiro atoms. The van der Waals surface area contributed by atoms with Crippen LogP contribution >= 0.6 is 0 Å². The number of fused-ring (bicyclic) bond motifs is 1. The second-order valence-corrected chi connectivity index (χ2v) is 4.77. The first kappa shape index (κ1) is 13.4. The highest BCUT2D eigenvalue weighted by molar-refractivity contribution is 5.89. The second kappa shape index (κ2) is 5.44. The molecule has 5 nitrogen and oxygen atoms in total. The summed E-state index contributed by atoms with van der Waals surface area (Å²) in [6, 6.07) is 9.58. The maximum Gasteiger partial charge on any atom is 0.166 e. The Bertz CT molecular complexity index is 807. The average Bonchev–Trinajstić information content (AvgIpc) is 2.96. The summed E-state index contributed by atoms with van der Waals surface area (Å²) >= 11 is 0. The molecular weight excluding hydrogens is 264 g/mol. The molecule has 0 saturated heterocycles. The lowest BCUT2D eigenvalue weighted by molar-refractivity contribution is 0.112. The van der Waals surface area contributed by atoms with E-state index >= 15 is 0 Å². The molecular formula is C16H16N4O. The molecule has 0 N–H and O–H groups in total. The van der Waals surface area contributed by atoms with E-state index in [4.69, 9.17) is 0 Å². The Labute approximate surface area is 122 Å². The molecule has 2 heterocycles. The summed E-state index contributed by atoms with van der Waals surface area (Å²) in [5, 5.41) is 5.41. The quantitative estimate of drug-likeness (QED) is 0.689. The van der Waals surface area contributed by atoms with Crippen LogP contribution < -0.4 is 0 Å². The number of aryl methyl sites for hydroxylation is 2. The van der Waals surface area contributed by atoms with Crippen molar-refractivity contribution in [3.8, 4) is 5.82 Å². The Morgan fingerprint density at radius 1 is 1.14 bits per heavy atom. The molecule has 3 rings (SSSR count). The molecule has 1 aromatic carbocycles. The lowest BCUT2D eigenvalue weighted by Crippen LogP contribution is -2.08. The van der Waals surface area contributed by atoms with Gasteiger partial charge in [-0.3, -0.25) is 4.79 Å². The number of hydrogen-bond acceptors (Lipinski definition) is 4. The van der Waals surface area contributed by atoms with Crippen LogP contribution in [0.3, 0.4) is 0 Å². The summed E-state index contributed by atoms with van der Waals surface area (Å²) in [5.41, 5.74) is 1.37. The number of benzene rings is 1. The van der Waals surface area contributed by atoms with Crippen LogP contribution in [0, 0.1) is 0 Å². The fourth-order valence-electron chi connectivity index (χ4n) is 2.32. The first-order valence-corrected chi connectivity index (χ1v) is 7.07. The summed E-state index contributed by atoms with van der Waals surface area (Å²) < 4.78 is 1.69. The number of carbonyl (C=O) groups excluding carboxylic acids is 1. The van der Waals surface area contributed by atoms with Gasteiger partial charge in [0.25, 0.3) is 0 Å². The minimum absolute atomic E-state index is 0.524. The maximum absolute atomic E-state index is 11.4.